The lowest BCUT2D eigenvalue weighted by atomic mass is 10.1. The van der Waals surface area contributed by atoms with Crippen LogP contribution in [0.3, 0.4) is 0 Å². The normalized spacial score (nSPS) is 12.1. The smallest absolute Gasteiger partial charge is 0.194 e. The summed E-state index contributed by atoms with van der Waals surface area (Å²) in [4.78, 5) is 24.0. The fraction of sp³-hybridized carbons (Fsp3) is 0. The third-order valence-corrected chi connectivity index (χ3v) is 12.1. The fourth-order valence-corrected chi connectivity index (χ4v) is 9.59. The topological polar surface area (TPSA) is 60.4 Å². The third kappa shape index (κ3) is 3.96. The fourth-order valence-electron chi connectivity index (χ4n) is 5.59. The summed E-state index contributed by atoms with van der Waals surface area (Å²) in [6.07, 6.45) is 8.47. The lowest BCUT2D eigenvalue weighted by molar-refractivity contribution is 1.23. The molecule has 6 aromatic heterocycles. The monoisotopic (exact) mass is 638 g/mol. The summed E-state index contributed by atoms with van der Waals surface area (Å²) in [5.41, 5.74) is 6.27. The maximum atomic E-state index is 5.04. The van der Waals surface area contributed by atoms with Crippen LogP contribution in [-0.4, -0.2) is 28.7 Å². The molecule has 208 valence electrons. The first kappa shape index (κ1) is 24.7. The van der Waals surface area contributed by atoms with Crippen molar-refractivity contribution in [2.24, 2.45) is 0 Å². The van der Waals surface area contributed by atoms with Crippen LogP contribution in [0.25, 0.3) is 83.4 Å². The highest BCUT2D eigenvalue weighted by molar-refractivity contribution is 7.28. The zero-order valence-corrected chi connectivity index (χ0v) is 26.0. The highest BCUT2D eigenvalue weighted by atomic mass is 32.1. The van der Waals surface area contributed by atoms with Crippen molar-refractivity contribution in [3.8, 4) is 42.3 Å². The van der Waals surface area contributed by atoms with Crippen molar-refractivity contribution in [3.05, 3.63) is 110 Å². The standard InChI is InChI=1S/C34H18N6S4/c1-3-7-19(8-4-1)25-15-39-17-29(43-33(39)37-25)31-35-23-11-21-14-28-24(12-22(21)13-27(23)41-31)36-32(42-28)30-18-40-16-26(38-34(40)44-30)20-9-5-2-6-10-20/h1-18H. The Morgan fingerprint density at radius 3 is 1.34 bits per heavy atom. The van der Waals surface area contributed by atoms with Gasteiger partial charge in [-0.3, -0.25) is 8.80 Å². The van der Waals surface area contributed by atoms with Crippen LogP contribution >= 0.6 is 45.3 Å². The molecule has 0 atom stereocenters. The molecule has 4 aromatic carbocycles. The Kier molecular flexibility index (Phi) is 5.26. The zero-order valence-electron chi connectivity index (χ0n) is 22.7. The predicted octanol–water partition coefficient (Wildman–Crippen LogP) is 10.1. The summed E-state index contributed by atoms with van der Waals surface area (Å²) >= 11 is 6.81. The van der Waals surface area contributed by atoms with Gasteiger partial charge < -0.3 is 0 Å². The number of aromatic nitrogens is 6. The van der Waals surface area contributed by atoms with Gasteiger partial charge >= 0.3 is 0 Å². The van der Waals surface area contributed by atoms with Crippen molar-refractivity contribution >= 4 is 86.5 Å². The quantitative estimate of drug-likeness (QED) is 0.192. The Morgan fingerprint density at radius 1 is 0.455 bits per heavy atom. The second kappa shape index (κ2) is 9.38. The average Bonchev–Trinajstić information content (AvgIpc) is 3.88. The van der Waals surface area contributed by atoms with Gasteiger partial charge in [0, 0.05) is 35.9 Å². The Labute approximate surface area is 265 Å². The van der Waals surface area contributed by atoms with Gasteiger partial charge in [-0.15, -0.1) is 22.7 Å². The molecule has 0 radical (unpaired) electrons. The van der Waals surface area contributed by atoms with E-state index in [-0.39, 0.29) is 0 Å². The van der Waals surface area contributed by atoms with E-state index in [1.807, 2.05) is 36.4 Å². The zero-order chi connectivity index (χ0) is 28.8. The van der Waals surface area contributed by atoms with Gasteiger partial charge in [-0.25, -0.2) is 19.9 Å². The van der Waals surface area contributed by atoms with Gasteiger partial charge in [-0.05, 0) is 35.0 Å². The van der Waals surface area contributed by atoms with Crippen LogP contribution in [0.1, 0.15) is 0 Å². The van der Waals surface area contributed by atoms with Crippen molar-refractivity contribution in [1.82, 2.24) is 28.7 Å². The highest BCUT2D eigenvalue weighted by Crippen LogP contribution is 2.40. The van der Waals surface area contributed by atoms with E-state index in [4.69, 9.17) is 19.9 Å². The first-order valence-electron chi connectivity index (χ1n) is 13.9. The molecule has 6 heterocycles. The minimum atomic E-state index is 0.973. The van der Waals surface area contributed by atoms with Gasteiger partial charge in [0.1, 0.15) is 10.0 Å². The molecular weight excluding hydrogens is 621 g/mol. The molecule has 0 aliphatic carbocycles. The van der Waals surface area contributed by atoms with Crippen molar-refractivity contribution in [1.29, 1.82) is 0 Å². The summed E-state index contributed by atoms with van der Waals surface area (Å²) < 4.78 is 6.56. The predicted molar refractivity (Wildman–Crippen MR) is 185 cm³/mol. The lowest BCUT2D eigenvalue weighted by Gasteiger charge is -1.97. The van der Waals surface area contributed by atoms with Crippen molar-refractivity contribution in [2.45, 2.75) is 0 Å². The molecular formula is C34H18N6S4. The Morgan fingerprint density at radius 2 is 0.909 bits per heavy atom. The van der Waals surface area contributed by atoms with Crippen molar-refractivity contribution < 1.29 is 0 Å². The van der Waals surface area contributed by atoms with E-state index in [0.29, 0.717) is 0 Å². The second-order valence-corrected chi connectivity index (χ2v) is 14.7. The maximum absolute atomic E-state index is 5.04. The maximum Gasteiger partial charge on any atom is 0.194 e. The van der Waals surface area contributed by atoms with Gasteiger partial charge in [0.15, 0.2) is 9.92 Å². The molecule has 44 heavy (non-hydrogen) atoms. The van der Waals surface area contributed by atoms with E-state index < -0.39 is 0 Å². The number of fused-ring (bicyclic) bond motifs is 5. The molecule has 0 saturated carbocycles. The first-order valence-corrected chi connectivity index (χ1v) is 17.2. The van der Waals surface area contributed by atoms with Gasteiger partial charge in [0.2, 0.25) is 0 Å². The number of thiazole rings is 4. The van der Waals surface area contributed by atoms with Crippen LogP contribution in [0.4, 0.5) is 0 Å². The largest absolute Gasteiger partial charge is 0.296 e. The molecule has 0 bridgehead atoms. The van der Waals surface area contributed by atoms with Gasteiger partial charge in [0.05, 0.1) is 41.6 Å². The van der Waals surface area contributed by atoms with E-state index in [1.165, 1.54) is 20.2 Å². The summed E-state index contributed by atoms with van der Waals surface area (Å²) in [5, 5.41) is 4.40. The van der Waals surface area contributed by atoms with Crippen LogP contribution in [0, 0.1) is 0 Å². The number of rotatable bonds is 4. The minimum absolute atomic E-state index is 0.973. The molecule has 0 aliphatic heterocycles. The molecule has 0 aliphatic rings. The number of hydrogen-bond donors (Lipinski definition) is 0. The molecule has 0 saturated heterocycles. The Balaban J connectivity index is 0.982. The van der Waals surface area contributed by atoms with Crippen LogP contribution in [-0.2, 0) is 0 Å². The highest BCUT2D eigenvalue weighted by Gasteiger charge is 2.16. The number of hydrogen-bond acceptors (Lipinski definition) is 8. The van der Waals surface area contributed by atoms with E-state index in [9.17, 15) is 0 Å². The molecule has 10 aromatic rings. The Bertz CT molecular complexity index is 2360. The van der Waals surface area contributed by atoms with Crippen LogP contribution < -0.4 is 0 Å². The van der Waals surface area contributed by atoms with Crippen molar-refractivity contribution in [3.63, 3.8) is 0 Å². The van der Waals surface area contributed by atoms with Gasteiger partial charge in [0.25, 0.3) is 0 Å². The number of imidazole rings is 2. The molecule has 0 fully saturated rings. The summed E-state index contributed by atoms with van der Waals surface area (Å²) in [7, 11) is 0. The summed E-state index contributed by atoms with van der Waals surface area (Å²) in [6.45, 7) is 0. The SMILES string of the molecule is c1ccc(-c2cn3cc(-c4nc5cc6cc7sc(-c8cn9cc(-c%10ccccc%10)nc9s8)nc7cc6cc5s4)sc3n2)cc1. The summed E-state index contributed by atoms with van der Waals surface area (Å²) in [6, 6.07) is 29.5. The van der Waals surface area contributed by atoms with Gasteiger partial charge in [-0.2, -0.15) is 0 Å². The van der Waals surface area contributed by atoms with Crippen LogP contribution in [0.5, 0.6) is 0 Å². The Hall–Kier alpha value is -4.74. The van der Waals surface area contributed by atoms with Crippen molar-refractivity contribution in [2.75, 3.05) is 0 Å². The second-order valence-electron chi connectivity index (χ2n) is 10.6. The molecule has 0 unspecified atom stereocenters. The first-order chi connectivity index (χ1) is 21.7. The van der Waals surface area contributed by atoms with E-state index in [1.54, 1.807) is 45.3 Å². The van der Waals surface area contributed by atoms with Gasteiger partial charge in [-0.1, -0.05) is 83.3 Å². The summed E-state index contributed by atoms with van der Waals surface area (Å²) in [5.74, 6) is 0. The molecule has 0 N–H and O–H groups in total. The molecule has 10 heteroatoms. The van der Waals surface area contributed by atoms with E-state index >= 15 is 0 Å². The lowest BCUT2D eigenvalue weighted by Crippen LogP contribution is -1.77. The van der Waals surface area contributed by atoms with Crippen LogP contribution in [0.2, 0.25) is 0 Å². The third-order valence-electron chi connectivity index (χ3n) is 7.73. The molecule has 0 spiro atoms. The minimum Gasteiger partial charge on any atom is -0.296 e. The molecule has 0 amide bonds. The molecule has 10 rings (SSSR count). The number of benzene rings is 4. The average molecular weight is 639 g/mol. The number of nitrogens with zero attached hydrogens (tertiary/aromatic N) is 6. The van der Waals surface area contributed by atoms with Crippen LogP contribution in [0.15, 0.2) is 110 Å². The molecule has 6 nitrogen and oxygen atoms in total. The van der Waals surface area contributed by atoms with E-state index in [0.717, 1.165) is 63.2 Å². The van der Waals surface area contributed by atoms with E-state index in [2.05, 4.69) is 82.1 Å².